The normalized spacial score (nSPS) is 14.1. The van der Waals surface area contributed by atoms with Crippen molar-refractivity contribution in [3.63, 3.8) is 0 Å². The van der Waals surface area contributed by atoms with Crippen LogP contribution in [0.25, 0.3) is 10.8 Å². The van der Waals surface area contributed by atoms with Crippen molar-refractivity contribution in [2.45, 2.75) is 32.8 Å². The smallest absolute Gasteiger partial charge is 0.136 e. The van der Waals surface area contributed by atoms with Crippen molar-refractivity contribution in [2.24, 2.45) is 0 Å². The minimum atomic E-state index is 0. The lowest BCUT2D eigenvalue weighted by Crippen LogP contribution is -2.46. The maximum absolute atomic E-state index is 5.83. The fraction of sp³-hybridized carbons (Fsp3) is 0.423. The van der Waals surface area contributed by atoms with Crippen molar-refractivity contribution < 1.29 is 4.74 Å². The first-order valence-electron chi connectivity index (χ1n) is 11.3. The predicted octanol–water partition coefficient (Wildman–Crippen LogP) is 5.76. The fourth-order valence-corrected chi connectivity index (χ4v) is 4.15. The minimum absolute atomic E-state index is 0. The third-order valence-electron chi connectivity index (χ3n) is 5.98. The molecule has 6 heteroatoms. The summed E-state index contributed by atoms with van der Waals surface area (Å²) in [6.45, 7) is 9.23. The number of aryl methyl sites for hydroxylation is 1. The van der Waals surface area contributed by atoms with Gasteiger partial charge in [-0.05, 0) is 42.8 Å². The number of piperazine rings is 1. The molecule has 1 aliphatic rings. The van der Waals surface area contributed by atoms with E-state index in [1.165, 1.54) is 27.8 Å². The number of benzene rings is 2. The second-order valence-electron chi connectivity index (χ2n) is 8.07. The number of unbranched alkanes of at least 4 members (excludes halogenated alkanes) is 1. The monoisotopic (exact) mass is 475 g/mol. The van der Waals surface area contributed by atoms with Crippen LogP contribution in [0.2, 0.25) is 0 Å². The highest BCUT2D eigenvalue weighted by Crippen LogP contribution is 2.27. The molecule has 1 aromatic heterocycles. The van der Waals surface area contributed by atoms with Gasteiger partial charge in [0.15, 0.2) is 0 Å². The quantitative estimate of drug-likeness (QED) is 0.367. The van der Waals surface area contributed by atoms with Gasteiger partial charge >= 0.3 is 0 Å². The van der Waals surface area contributed by atoms with Gasteiger partial charge in [0.1, 0.15) is 5.82 Å². The SMILES string of the molecule is CCN1CCN(c2nc(CCCCOCc3ccccc3)cc3ccccc23)CC1.Cl.Cl. The van der Waals surface area contributed by atoms with Crippen molar-refractivity contribution in [1.82, 2.24) is 9.88 Å². The van der Waals surface area contributed by atoms with E-state index in [1.807, 2.05) is 6.07 Å². The van der Waals surface area contributed by atoms with Gasteiger partial charge in [-0.25, -0.2) is 4.98 Å². The van der Waals surface area contributed by atoms with Crippen molar-refractivity contribution >= 4 is 41.4 Å². The molecule has 0 spiro atoms. The van der Waals surface area contributed by atoms with E-state index in [9.17, 15) is 0 Å². The lowest BCUT2D eigenvalue weighted by Gasteiger charge is -2.35. The van der Waals surface area contributed by atoms with Gasteiger partial charge in [0.05, 0.1) is 6.61 Å². The Morgan fingerprint density at radius 1 is 0.875 bits per heavy atom. The Balaban J connectivity index is 0.00000181. The number of ether oxygens (including phenoxy) is 1. The number of likely N-dealkylation sites (N-methyl/N-ethyl adjacent to an activating group) is 1. The third kappa shape index (κ3) is 7.08. The Bertz CT molecular complexity index is 931. The van der Waals surface area contributed by atoms with Crippen LogP contribution in [-0.2, 0) is 17.8 Å². The molecule has 1 fully saturated rings. The third-order valence-corrected chi connectivity index (χ3v) is 5.98. The minimum Gasteiger partial charge on any atom is -0.377 e. The molecule has 174 valence electrons. The second-order valence-corrected chi connectivity index (χ2v) is 8.07. The van der Waals surface area contributed by atoms with Gasteiger partial charge < -0.3 is 14.5 Å². The second kappa shape index (κ2) is 13.6. The van der Waals surface area contributed by atoms with Crippen LogP contribution in [0.3, 0.4) is 0 Å². The van der Waals surface area contributed by atoms with Crippen LogP contribution in [0.15, 0.2) is 60.7 Å². The summed E-state index contributed by atoms with van der Waals surface area (Å²) < 4.78 is 5.83. The zero-order valence-electron chi connectivity index (χ0n) is 18.9. The van der Waals surface area contributed by atoms with Gasteiger partial charge in [-0.15, -0.1) is 24.8 Å². The van der Waals surface area contributed by atoms with Crippen molar-refractivity contribution in [2.75, 3.05) is 44.2 Å². The number of hydrogen-bond acceptors (Lipinski definition) is 4. The van der Waals surface area contributed by atoms with E-state index < -0.39 is 0 Å². The number of hydrogen-bond donors (Lipinski definition) is 0. The zero-order valence-corrected chi connectivity index (χ0v) is 20.5. The number of pyridine rings is 1. The van der Waals surface area contributed by atoms with Gasteiger partial charge in [0.25, 0.3) is 0 Å². The molecule has 0 radical (unpaired) electrons. The van der Waals surface area contributed by atoms with Gasteiger partial charge in [0.2, 0.25) is 0 Å². The highest BCUT2D eigenvalue weighted by atomic mass is 35.5. The predicted molar refractivity (Wildman–Crippen MR) is 140 cm³/mol. The Morgan fingerprint density at radius 3 is 2.34 bits per heavy atom. The van der Waals surface area contributed by atoms with Gasteiger partial charge in [-0.1, -0.05) is 61.5 Å². The van der Waals surface area contributed by atoms with Crippen molar-refractivity contribution in [3.05, 3.63) is 71.9 Å². The lowest BCUT2D eigenvalue weighted by molar-refractivity contribution is 0.117. The summed E-state index contributed by atoms with van der Waals surface area (Å²) in [5.74, 6) is 1.17. The molecule has 2 aromatic carbocycles. The zero-order chi connectivity index (χ0) is 20.6. The standard InChI is InChI=1S/C26H33N3O.2ClH/c1-2-28-15-17-29(18-16-28)26-25-14-7-6-12-23(25)20-24(27-26)13-8-9-19-30-21-22-10-4-3-5-11-22;;/h3-7,10-12,14,20H,2,8-9,13,15-19,21H2,1H3;2*1H. The molecule has 1 aliphatic heterocycles. The van der Waals surface area contributed by atoms with E-state index in [4.69, 9.17) is 9.72 Å². The summed E-state index contributed by atoms with van der Waals surface area (Å²) in [5, 5.41) is 2.58. The summed E-state index contributed by atoms with van der Waals surface area (Å²) in [5.41, 5.74) is 2.44. The van der Waals surface area contributed by atoms with E-state index >= 15 is 0 Å². The van der Waals surface area contributed by atoms with Crippen molar-refractivity contribution in [1.29, 1.82) is 0 Å². The summed E-state index contributed by atoms with van der Waals surface area (Å²) >= 11 is 0. The number of rotatable bonds is 9. The van der Waals surface area contributed by atoms with E-state index in [0.717, 1.165) is 58.6 Å². The van der Waals surface area contributed by atoms with Crippen LogP contribution in [0.5, 0.6) is 0 Å². The number of nitrogens with zero attached hydrogens (tertiary/aromatic N) is 3. The number of fused-ring (bicyclic) bond motifs is 1. The molecule has 2 heterocycles. The van der Waals surface area contributed by atoms with Crippen molar-refractivity contribution in [3.8, 4) is 0 Å². The van der Waals surface area contributed by atoms with Crippen LogP contribution in [0, 0.1) is 0 Å². The number of aromatic nitrogens is 1. The Morgan fingerprint density at radius 2 is 1.59 bits per heavy atom. The van der Waals surface area contributed by atoms with E-state index in [-0.39, 0.29) is 24.8 Å². The van der Waals surface area contributed by atoms with Crippen LogP contribution >= 0.6 is 24.8 Å². The maximum Gasteiger partial charge on any atom is 0.136 e. The molecule has 0 saturated carbocycles. The Hall–Kier alpha value is -1.85. The van der Waals surface area contributed by atoms with E-state index in [1.54, 1.807) is 0 Å². The molecule has 4 nitrogen and oxygen atoms in total. The first-order valence-corrected chi connectivity index (χ1v) is 11.3. The Kier molecular flexibility index (Phi) is 11.3. The fourth-order valence-electron chi connectivity index (χ4n) is 4.15. The summed E-state index contributed by atoms with van der Waals surface area (Å²) in [6.07, 6.45) is 3.16. The summed E-state index contributed by atoms with van der Waals surface area (Å²) in [4.78, 5) is 10.1. The largest absolute Gasteiger partial charge is 0.377 e. The molecule has 3 aromatic rings. The average molecular weight is 476 g/mol. The molecular formula is C26H35Cl2N3O. The van der Waals surface area contributed by atoms with Gasteiger partial charge in [-0.3, -0.25) is 0 Å². The van der Waals surface area contributed by atoms with Crippen LogP contribution < -0.4 is 4.90 Å². The molecule has 0 aliphatic carbocycles. The molecular weight excluding hydrogens is 441 g/mol. The van der Waals surface area contributed by atoms with Gasteiger partial charge in [0, 0.05) is 43.9 Å². The maximum atomic E-state index is 5.83. The molecule has 4 rings (SSSR count). The van der Waals surface area contributed by atoms with E-state index in [2.05, 4.69) is 71.3 Å². The lowest BCUT2D eigenvalue weighted by atomic mass is 10.1. The average Bonchev–Trinajstić information content (AvgIpc) is 2.81. The number of halogens is 2. The first-order chi connectivity index (χ1) is 14.8. The summed E-state index contributed by atoms with van der Waals surface area (Å²) in [6, 6.07) is 21.3. The molecule has 0 atom stereocenters. The molecule has 0 bridgehead atoms. The Labute approximate surface area is 204 Å². The topological polar surface area (TPSA) is 28.6 Å². The van der Waals surface area contributed by atoms with Crippen LogP contribution in [0.4, 0.5) is 5.82 Å². The van der Waals surface area contributed by atoms with Crippen LogP contribution in [0.1, 0.15) is 31.0 Å². The van der Waals surface area contributed by atoms with Crippen LogP contribution in [-0.4, -0.2) is 49.2 Å². The van der Waals surface area contributed by atoms with E-state index in [0.29, 0.717) is 6.61 Å². The highest BCUT2D eigenvalue weighted by molar-refractivity contribution is 5.92. The first kappa shape index (κ1) is 26.4. The molecule has 32 heavy (non-hydrogen) atoms. The highest BCUT2D eigenvalue weighted by Gasteiger charge is 2.19. The molecule has 0 N–H and O–H groups in total. The molecule has 0 amide bonds. The summed E-state index contributed by atoms with van der Waals surface area (Å²) in [7, 11) is 0. The molecule has 0 unspecified atom stereocenters. The molecule has 1 saturated heterocycles. The number of anilines is 1. The van der Waals surface area contributed by atoms with Gasteiger partial charge in [-0.2, -0.15) is 0 Å².